The summed E-state index contributed by atoms with van der Waals surface area (Å²) in [6, 6.07) is 2.10. The van der Waals surface area contributed by atoms with Crippen molar-refractivity contribution in [3.05, 3.63) is 28.3 Å². The van der Waals surface area contributed by atoms with Crippen LogP contribution in [0.4, 0.5) is 0 Å². The number of carbonyl (C=O) groups is 1. The minimum atomic E-state index is -0.670. The molecule has 0 saturated carbocycles. The predicted octanol–water partition coefficient (Wildman–Crippen LogP) is 2.15. The summed E-state index contributed by atoms with van der Waals surface area (Å²) in [6.07, 6.45) is 0. The molecule has 1 aromatic carbocycles. The van der Waals surface area contributed by atoms with Gasteiger partial charge in [-0.25, -0.2) is 5.43 Å². The summed E-state index contributed by atoms with van der Waals surface area (Å²) in [5.41, 5.74) is 8.92. The number of rotatable bonds is 4. The zero-order valence-corrected chi connectivity index (χ0v) is 12.9. The van der Waals surface area contributed by atoms with Gasteiger partial charge in [0.1, 0.15) is 5.75 Å². The van der Waals surface area contributed by atoms with Crippen LogP contribution in [0.15, 0.2) is 6.07 Å². The van der Waals surface area contributed by atoms with Gasteiger partial charge in [-0.3, -0.25) is 10.2 Å². The summed E-state index contributed by atoms with van der Waals surface area (Å²) in [5.74, 6) is 0.716. The Bertz CT molecular complexity index is 493. The summed E-state index contributed by atoms with van der Waals surface area (Å²) in [5, 5.41) is 0. The van der Waals surface area contributed by atoms with E-state index in [4.69, 9.17) is 4.74 Å². The Morgan fingerprint density at radius 3 is 2.26 bits per heavy atom. The van der Waals surface area contributed by atoms with Crippen LogP contribution in [0.5, 0.6) is 5.75 Å². The first-order valence-electron chi connectivity index (χ1n) is 6.39. The lowest BCUT2D eigenvalue weighted by Crippen LogP contribution is -2.46. The number of benzene rings is 1. The van der Waals surface area contributed by atoms with Gasteiger partial charge in [-0.1, -0.05) is 6.07 Å². The molecule has 0 radical (unpaired) electrons. The normalized spacial score (nSPS) is 11.3. The number of amides is 1. The first-order valence-corrected chi connectivity index (χ1v) is 6.39. The molecule has 0 saturated heterocycles. The highest BCUT2D eigenvalue weighted by molar-refractivity contribution is 5.88. The van der Waals surface area contributed by atoms with Crippen LogP contribution in [0.3, 0.4) is 0 Å². The minimum Gasteiger partial charge on any atom is -0.496 e. The fraction of sp³-hybridized carbons (Fsp3) is 0.533. The van der Waals surface area contributed by atoms with Crippen molar-refractivity contribution in [3.8, 4) is 5.75 Å². The molecule has 1 amide bonds. The average molecular weight is 264 g/mol. The highest BCUT2D eigenvalue weighted by atomic mass is 16.5. The number of aryl methyl sites for hydroxylation is 2. The van der Waals surface area contributed by atoms with Crippen molar-refractivity contribution in [2.24, 2.45) is 0 Å². The molecule has 0 aliphatic heterocycles. The number of hydrogen-bond acceptors (Lipinski definition) is 3. The Kier molecular flexibility index (Phi) is 4.58. The second-order valence-electron chi connectivity index (χ2n) is 5.37. The number of carbonyl (C=O) groups excluding carboxylic acids is 1. The lowest BCUT2D eigenvalue weighted by Gasteiger charge is -2.29. The van der Waals surface area contributed by atoms with Crippen molar-refractivity contribution in [1.82, 2.24) is 10.9 Å². The van der Waals surface area contributed by atoms with Crippen LogP contribution in [0.25, 0.3) is 0 Å². The van der Waals surface area contributed by atoms with Crippen LogP contribution in [0.2, 0.25) is 0 Å². The standard InChI is InChI=1S/C15H24N2O2/c1-9-8-10(2)12(13(19-7)11(9)3)15(4,5)14(18)17-16-6/h8,16H,1-7H3,(H,17,18). The fourth-order valence-corrected chi connectivity index (χ4v) is 2.47. The van der Waals surface area contributed by atoms with Crippen molar-refractivity contribution in [2.45, 2.75) is 40.0 Å². The molecule has 0 aliphatic carbocycles. The summed E-state index contributed by atoms with van der Waals surface area (Å²) in [7, 11) is 3.33. The number of ether oxygens (including phenoxy) is 1. The Labute approximate surface area is 115 Å². The zero-order chi connectivity index (χ0) is 14.8. The second kappa shape index (κ2) is 5.61. The van der Waals surface area contributed by atoms with Crippen LogP contribution < -0.4 is 15.6 Å². The second-order valence-corrected chi connectivity index (χ2v) is 5.37. The van der Waals surface area contributed by atoms with E-state index in [0.29, 0.717) is 0 Å². The largest absolute Gasteiger partial charge is 0.496 e. The molecule has 1 aromatic rings. The molecule has 0 aliphatic rings. The highest BCUT2D eigenvalue weighted by Gasteiger charge is 2.34. The van der Waals surface area contributed by atoms with E-state index in [1.54, 1.807) is 14.2 Å². The molecule has 0 unspecified atom stereocenters. The first-order chi connectivity index (χ1) is 8.77. The van der Waals surface area contributed by atoms with E-state index in [2.05, 4.69) is 23.8 Å². The lowest BCUT2D eigenvalue weighted by molar-refractivity contribution is -0.126. The van der Waals surface area contributed by atoms with E-state index in [-0.39, 0.29) is 5.91 Å². The maximum Gasteiger partial charge on any atom is 0.244 e. The minimum absolute atomic E-state index is 0.0837. The van der Waals surface area contributed by atoms with E-state index in [0.717, 1.165) is 22.4 Å². The van der Waals surface area contributed by atoms with Gasteiger partial charge >= 0.3 is 0 Å². The fourth-order valence-electron chi connectivity index (χ4n) is 2.47. The van der Waals surface area contributed by atoms with Gasteiger partial charge in [-0.05, 0) is 51.3 Å². The lowest BCUT2D eigenvalue weighted by atomic mass is 9.79. The molecule has 0 bridgehead atoms. The van der Waals surface area contributed by atoms with Crippen molar-refractivity contribution >= 4 is 5.91 Å². The third-order valence-corrected chi connectivity index (χ3v) is 3.62. The maximum atomic E-state index is 12.3. The van der Waals surface area contributed by atoms with Gasteiger partial charge in [0.25, 0.3) is 0 Å². The van der Waals surface area contributed by atoms with Crippen molar-refractivity contribution < 1.29 is 9.53 Å². The summed E-state index contributed by atoms with van der Waals surface area (Å²) >= 11 is 0. The van der Waals surface area contributed by atoms with Gasteiger partial charge in [-0.2, -0.15) is 0 Å². The van der Waals surface area contributed by atoms with E-state index in [1.807, 2.05) is 27.7 Å². The van der Waals surface area contributed by atoms with Crippen LogP contribution >= 0.6 is 0 Å². The Balaban J connectivity index is 3.49. The van der Waals surface area contributed by atoms with E-state index in [9.17, 15) is 4.79 Å². The van der Waals surface area contributed by atoms with Crippen molar-refractivity contribution in [2.75, 3.05) is 14.2 Å². The SMILES string of the molecule is CNNC(=O)C(C)(C)c1c(C)cc(C)c(C)c1OC. The van der Waals surface area contributed by atoms with Gasteiger partial charge < -0.3 is 4.74 Å². The van der Waals surface area contributed by atoms with E-state index in [1.165, 1.54) is 5.56 Å². The monoisotopic (exact) mass is 264 g/mol. The summed E-state index contributed by atoms with van der Waals surface area (Å²) < 4.78 is 5.55. The highest BCUT2D eigenvalue weighted by Crippen LogP contribution is 2.38. The third kappa shape index (κ3) is 2.73. The number of nitrogens with one attached hydrogen (secondary N) is 2. The topological polar surface area (TPSA) is 50.4 Å². The molecular formula is C15H24N2O2. The van der Waals surface area contributed by atoms with Crippen LogP contribution in [-0.4, -0.2) is 20.1 Å². The molecule has 106 valence electrons. The molecule has 4 nitrogen and oxygen atoms in total. The maximum absolute atomic E-state index is 12.3. The zero-order valence-electron chi connectivity index (χ0n) is 12.9. The molecule has 0 fully saturated rings. The quantitative estimate of drug-likeness (QED) is 0.819. The van der Waals surface area contributed by atoms with Crippen molar-refractivity contribution in [1.29, 1.82) is 0 Å². The van der Waals surface area contributed by atoms with E-state index < -0.39 is 5.41 Å². The van der Waals surface area contributed by atoms with Crippen LogP contribution in [0, 0.1) is 20.8 Å². The summed E-state index contributed by atoms with van der Waals surface area (Å²) in [4.78, 5) is 12.3. The van der Waals surface area contributed by atoms with Gasteiger partial charge in [0.2, 0.25) is 5.91 Å². The molecule has 2 N–H and O–H groups in total. The molecular weight excluding hydrogens is 240 g/mol. The van der Waals surface area contributed by atoms with E-state index >= 15 is 0 Å². The number of methoxy groups -OCH3 is 1. The molecule has 0 atom stereocenters. The van der Waals surface area contributed by atoms with Gasteiger partial charge in [-0.15, -0.1) is 0 Å². The van der Waals surface area contributed by atoms with Crippen LogP contribution in [-0.2, 0) is 10.2 Å². The molecule has 0 aromatic heterocycles. The van der Waals surface area contributed by atoms with Gasteiger partial charge in [0.05, 0.1) is 12.5 Å². The predicted molar refractivity (Wildman–Crippen MR) is 77.4 cm³/mol. The molecule has 0 spiro atoms. The Morgan fingerprint density at radius 1 is 1.21 bits per heavy atom. The first kappa shape index (κ1) is 15.5. The Hall–Kier alpha value is -1.55. The van der Waals surface area contributed by atoms with Gasteiger partial charge in [0.15, 0.2) is 0 Å². The number of hydrazine groups is 1. The smallest absolute Gasteiger partial charge is 0.244 e. The molecule has 19 heavy (non-hydrogen) atoms. The third-order valence-electron chi connectivity index (χ3n) is 3.62. The molecule has 4 heteroatoms. The van der Waals surface area contributed by atoms with Crippen LogP contribution in [0.1, 0.15) is 36.1 Å². The van der Waals surface area contributed by atoms with Gasteiger partial charge in [0, 0.05) is 12.6 Å². The summed E-state index contributed by atoms with van der Waals surface area (Å²) in [6.45, 7) is 9.88. The average Bonchev–Trinajstić information content (AvgIpc) is 2.33. The molecule has 1 rings (SSSR count). The Morgan fingerprint density at radius 2 is 1.79 bits per heavy atom. The molecule has 0 heterocycles. The van der Waals surface area contributed by atoms with Crippen molar-refractivity contribution in [3.63, 3.8) is 0 Å². The number of hydrogen-bond donors (Lipinski definition) is 2.